The number of hydrogen-bond acceptors (Lipinski definition) is 3. The molecule has 1 heterocycles. The van der Waals surface area contributed by atoms with E-state index in [9.17, 15) is 0 Å². The molecule has 2 aromatic carbocycles. The molecular formula is C16H14N2O. The van der Waals surface area contributed by atoms with Gasteiger partial charge in [0.15, 0.2) is 0 Å². The second kappa shape index (κ2) is 5.06. The molecule has 3 aromatic rings. The third-order valence-electron chi connectivity index (χ3n) is 2.93. The predicted octanol–water partition coefficient (Wildman–Crippen LogP) is 3.64. The van der Waals surface area contributed by atoms with Crippen LogP contribution in [0.15, 0.2) is 59.0 Å². The van der Waals surface area contributed by atoms with Crippen molar-refractivity contribution >= 4 is 0 Å². The summed E-state index contributed by atoms with van der Waals surface area (Å²) in [6.45, 7) is 2.05. The fraction of sp³-hybridized carbons (Fsp3) is 0.125. The van der Waals surface area contributed by atoms with E-state index in [4.69, 9.17) is 4.42 Å². The van der Waals surface area contributed by atoms with Gasteiger partial charge in [0, 0.05) is 5.56 Å². The second-order valence-corrected chi connectivity index (χ2v) is 4.53. The first-order chi connectivity index (χ1) is 9.31. The Morgan fingerprint density at radius 1 is 0.947 bits per heavy atom. The molecule has 0 saturated heterocycles. The van der Waals surface area contributed by atoms with Gasteiger partial charge in [0.25, 0.3) is 0 Å². The van der Waals surface area contributed by atoms with Gasteiger partial charge in [0.05, 0.1) is 6.42 Å². The van der Waals surface area contributed by atoms with Gasteiger partial charge in [-0.25, -0.2) is 0 Å². The van der Waals surface area contributed by atoms with Crippen LogP contribution >= 0.6 is 0 Å². The van der Waals surface area contributed by atoms with E-state index in [1.165, 1.54) is 11.1 Å². The highest BCUT2D eigenvalue weighted by Crippen LogP contribution is 2.19. The van der Waals surface area contributed by atoms with Crippen LogP contribution in [-0.4, -0.2) is 10.2 Å². The van der Waals surface area contributed by atoms with Crippen LogP contribution in [0, 0.1) is 6.92 Å². The van der Waals surface area contributed by atoms with E-state index in [0.717, 1.165) is 5.56 Å². The van der Waals surface area contributed by atoms with Crippen LogP contribution in [0.1, 0.15) is 17.0 Å². The van der Waals surface area contributed by atoms with Crippen LogP contribution in [0.2, 0.25) is 0 Å². The highest BCUT2D eigenvalue weighted by atomic mass is 16.4. The van der Waals surface area contributed by atoms with Gasteiger partial charge in [-0.05, 0) is 24.6 Å². The molecule has 3 rings (SSSR count). The Labute approximate surface area is 111 Å². The van der Waals surface area contributed by atoms with E-state index >= 15 is 0 Å². The molecule has 0 aliphatic rings. The smallest absolute Gasteiger partial charge is 0.247 e. The van der Waals surface area contributed by atoms with Gasteiger partial charge in [-0.1, -0.05) is 48.0 Å². The van der Waals surface area contributed by atoms with Crippen molar-refractivity contribution in [2.45, 2.75) is 13.3 Å². The fourth-order valence-corrected chi connectivity index (χ4v) is 1.99. The lowest BCUT2D eigenvalue weighted by atomic mass is 10.1. The quantitative estimate of drug-likeness (QED) is 0.712. The summed E-state index contributed by atoms with van der Waals surface area (Å²) in [7, 11) is 0. The number of nitrogens with zero attached hydrogens (tertiary/aromatic N) is 2. The summed E-state index contributed by atoms with van der Waals surface area (Å²) in [6.07, 6.45) is 0.666. The summed E-state index contributed by atoms with van der Waals surface area (Å²) < 4.78 is 5.71. The Morgan fingerprint density at radius 2 is 1.79 bits per heavy atom. The molecule has 3 nitrogen and oxygen atoms in total. The summed E-state index contributed by atoms with van der Waals surface area (Å²) in [5.41, 5.74) is 3.31. The maximum Gasteiger partial charge on any atom is 0.247 e. The molecule has 0 atom stereocenters. The standard InChI is InChI=1S/C16H14N2O/c1-12-6-5-9-14(10-12)16-18-17-15(19-16)11-13-7-3-2-4-8-13/h2-10H,11H2,1H3. The molecule has 0 radical (unpaired) electrons. The molecule has 94 valence electrons. The molecular weight excluding hydrogens is 236 g/mol. The maximum absolute atomic E-state index is 5.71. The van der Waals surface area contributed by atoms with Crippen molar-refractivity contribution in [3.63, 3.8) is 0 Å². The van der Waals surface area contributed by atoms with Gasteiger partial charge < -0.3 is 4.42 Å². The molecule has 0 saturated carbocycles. The molecule has 0 aliphatic carbocycles. The molecule has 0 fully saturated rings. The largest absolute Gasteiger partial charge is 0.420 e. The van der Waals surface area contributed by atoms with Crippen LogP contribution in [0.5, 0.6) is 0 Å². The maximum atomic E-state index is 5.71. The van der Waals surface area contributed by atoms with Crippen molar-refractivity contribution in [3.8, 4) is 11.5 Å². The van der Waals surface area contributed by atoms with E-state index in [2.05, 4.69) is 22.3 Å². The highest BCUT2D eigenvalue weighted by Gasteiger charge is 2.08. The minimum absolute atomic E-state index is 0.578. The Kier molecular flexibility index (Phi) is 3.11. The van der Waals surface area contributed by atoms with Gasteiger partial charge in [0.1, 0.15) is 0 Å². The number of hydrogen-bond donors (Lipinski definition) is 0. The molecule has 0 amide bonds. The Bertz CT molecular complexity index is 674. The van der Waals surface area contributed by atoms with Crippen molar-refractivity contribution in [1.29, 1.82) is 0 Å². The topological polar surface area (TPSA) is 38.9 Å². The van der Waals surface area contributed by atoms with Gasteiger partial charge >= 0.3 is 0 Å². The van der Waals surface area contributed by atoms with Crippen molar-refractivity contribution < 1.29 is 4.42 Å². The first-order valence-electron chi connectivity index (χ1n) is 6.24. The van der Waals surface area contributed by atoms with E-state index in [1.807, 2.05) is 49.4 Å². The zero-order chi connectivity index (χ0) is 13.1. The second-order valence-electron chi connectivity index (χ2n) is 4.53. The van der Waals surface area contributed by atoms with Gasteiger partial charge in [-0.3, -0.25) is 0 Å². The molecule has 0 bridgehead atoms. The normalized spacial score (nSPS) is 10.6. The monoisotopic (exact) mass is 250 g/mol. The van der Waals surface area contributed by atoms with E-state index in [-0.39, 0.29) is 0 Å². The van der Waals surface area contributed by atoms with E-state index in [0.29, 0.717) is 18.2 Å². The average Bonchev–Trinajstić information content (AvgIpc) is 2.88. The third kappa shape index (κ3) is 2.71. The summed E-state index contributed by atoms with van der Waals surface area (Å²) >= 11 is 0. The first-order valence-corrected chi connectivity index (χ1v) is 6.24. The number of rotatable bonds is 3. The number of aromatic nitrogens is 2. The van der Waals surface area contributed by atoms with Crippen molar-refractivity contribution in [3.05, 3.63) is 71.6 Å². The first kappa shape index (κ1) is 11.7. The zero-order valence-electron chi connectivity index (χ0n) is 10.7. The summed E-state index contributed by atoms with van der Waals surface area (Å²) in [5.74, 6) is 1.22. The molecule has 0 aliphatic heterocycles. The van der Waals surface area contributed by atoms with Crippen LogP contribution < -0.4 is 0 Å². The molecule has 0 unspecified atom stereocenters. The van der Waals surface area contributed by atoms with Crippen LogP contribution in [0.3, 0.4) is 0 Å². The lowest BCUT2D eigenvalue weighted by molar-refractivity contribution is 0.518. The van der Waals surface area contributed by atoms with E-state index < -0.39 is 0 Å². The Balaban J connectivity index is 1.84. The Hall–Kier alpha value is -2.42. The molecule has 0 spiro atoms. The van der Waals surface area contributed by atoms with Gasteiger partial charge in [0.2, 0.25) is 11.8 Å². The van der Waals surface area contributed by atoms with E-state index in [1.54, 1.807) is 0 Å². The SMILES string of the molecule is Cc1cccc(-c2nnc(Cc3ccccc3)o2)c1. The molecule has 3 heteroatoms. The number of aryl methyl sites for hydroxylation is 1. The van der Waals surface area contributed by atoms with Crippen molar-refractivity contribution in [2.24, 2.45) is 0 Å². The minimum atomic E-state index is 0.578. The van der Waals surface area contributed by atoms with Crippen LogP contribution in [0.25, 0.3) is 11.5 Å². The van der Waals surface area contributed by atoms with Crippen molar-refractivity contribution in [2.75, 3.05) is 0 Å². The van der Waals surface area contributed by atoms with Crippen LogP contribution in [0.4, 0.5) is 0 Å². The van der Waals surface area contributed by atoms with Crippen molar-refractivity contribution in [1.82, 2.24) is 10.2 Å². The lowest BCUT2D eigenvalue weighted by Crippen LogP contribution is -1.87. The van der Waals surface area contributed by atoms with Gasteiger partial charge in [-0.15, -0.1) is 10.2 Å². The Morgan fingerprint density at radius 3 is 2.58 bits per heavy atom. The summed E-state index contributed by atoms with van der Waals surface area (Å²) in [6, 6.07) is 18.2. The fourth-order valence-electron chi connectivity index (χ4n) is 1.99. The predicted molar refractivity (Wildman–Crippen MR) is 73.7 cm³/mol. The highest BCUT2D eigenvalue weighted by molar-refractivity contribution is 5.53. The lowest BCUT2D eigenvalue weighted by Gasteiger charge is -1.97. The minimum Gasteiger partial charge on any atom is -0.420 e. The number of benzene rings is 2. The molecule has 19 heavy (non-hydrogen) atoms. The van der Waals surface area contributed by atoms with Crippen LogP contribution in [-0.2, 0) is 6.42 Å². The zero-order valence-corrected chi connectivity index (χ0v) is 10.7. The molecule has 0 N–H and O–H groups in total. The van der Waals surface area contributed by atoms with Gasteiger partial charge in [-0.2, -0.15) is 0 Å². The summed E-state index contributed by atoms with van der Waals surface area (Å²) in [5, 5.41) is 8.21. The average molecular weight is 250 g/mol. The summed E-state index contributed by atoms with van der Waals surface area (Å²) in [4.78, 5) is 0. The molecule has 1 aromatic heterocycles. The third-order valence-corrected chi connectivity index (χ3v) is 2.93.